The largest absolute Gasteiger partial charge is 0.467 e. The van der Waals surface area contributed by atoms with Crippen LogP contribution in [0, 0.1) is 0 Å². The molecule has 19 heavy (non-hydrogen) atoms. The number of furan rings is 1. The molecule has 2 N–H and O–H groups in total. The molecule has 7 heteroatoms. The lowest BCUT2D eigenvalue weighted by Gasteiger charge is -2.22. The number of nitrogens with one attached hydrogen (secondary N) is 2. The summed E-state index contributed by atoms with van der Waals surface area (Å²) in [6.07, 6.45) is 2.66. The van der Waals surface area contributed by atoms with Crippen LogP contribution in [0.15, 0.2) is 22.8 Å². The van der Waals surface area contributed by atoms with E-state index in [4.69, 9.17) is 4.42 Å². The zero-order valence-corrected chi connectivity index (χ0v) is 11.4. The second-order valence-corrected chi connectivity index (χ2v) is 6.89. The number of carbonyl (C=O) groups excluding carboxylic acids is 1. The first-order valence-electron chi connectivity index (χ1n) is 6.29. The fraction of sp³-hybridized carbons (Fsp3) is 0.583. The van der Waals surface area contributed by atoms with Crippen molar-refractivity contribution in [1.82, 2.24) is 10.6 Å². The number of sulfone groups is 1. The third kappa shape index (κ3) is 4.07. The average Bonchev–Trinajstić information content (AvgIpc) is 2.90. The van der Waals surface area contributed by atoms with E-state index in [1.54, 1.807) is 12.1 Å². The molecule has 0 bridgehead atoms. The van der Waals surface area contributed by atoms with Crippen LogP contribution in [-0.2, 0) is 21.2 Å². The first-order chi connectivity index (χ1) is 9.08. The lowest BCUT2D eigenvalue weighted by molar-refractivity contribution is -0.118. The van der Waals surface area contributed by atoms with Gasteiger partial charge < -0.3 is 15.1 Å². The highest BCUT2D eigenvalue weighted by Gasteiger charge is 2.29. The van der Waals surface area contributed by atoms with E-state index in [2.05, 4.69) is 10.6 Å². The van der Waals surface area contributed by atoms with Crippen LogP contribution in [0.25, 0.3) is 0 Å². The molecule has 2 rings (SSSR count). The van der Waals surface area contributed by atoms with Crippen LogP contribution in [0.2, 0.25) is 0 Å². The summed E-state index contributed by atoms with van der Waals surface area (Å²) < 4.78 is 29.1. The van der Waals surface area contributed by atoms with Crippen LogP contribution >= 0.6 is 0 Å². The highest BCUT2D eigenvalue weighted by molar-refractivity contribution is 7.92. The molecule has 0 unspecified atom stereocenters. The van der Waals surface area contributed by atoms with Crippen LogP contribution in [0.4, 0.5) is 0 Å². The summed E-state index contributed by atoms with van der Waals surface area (Å²) >= 11 is 0. The first-order valence-corrected chi connectivity index (χ1v) is 8.01. The highest BCUT2D eigenvalue weighted by atomic mass is 32.2. The third-order valence-electron chi connectivity index (χ3n) is 3.17. The quantitative estimate of drug-likeness (QED) is 0.799. The number of rotatable bonds is 5. The molecular formula is C12H18N2O4S. The Morgan fingerprint density at radius 2 is 2.16 bits per heavy atom. The second-order valence-electron chi connectivity index (χ2n) is 4.61. The van der Waals surface area contributed by atoms with Crippen molar-refractivity contribution in [3.63, 3.8) is 0 Å². The van der Waals surface area contributed by atoms with Crippen molar-refractivity contribution < 1.29 is 17.6 Å². The Kier molecular flexibility index (Phi) is 4.60. The summed E-state index contributed by atoms with van der Waals surface area (Å²) in [6, 6.07) is 3.44. The first kappa shape index (κ1) is 14.1. The van der Waals surface area contributed by atoms with Crippen LogP contribution in [0.3, 0.4) is 0 Å². The Morgan fingerprint density at radius 3 is 2.79 bits per heavy atom. The van der Waals surface area contributed by atoms with E-state index in [1.165, 1.54) is 6.26 Å². The monoisotopic (exact) mass is 286 g/mol. The molecule has 2 heterocycles. The molecule has 0 aliphatic carbocycles. The van der Waals surface area contributed by atoms with Gasteiger partial charge in [0, 0.05) is 0 Å². The van der Waals surface area contributed by atoms with Gasteiger partial charge in [-0.3, -0.25) is 4.79 Å². The molecule has 1 aliphatic rings. The summed E-state index contributed by atoms with van der Waals surface area (Å²) in [4.78, 5) is 11.6. The molecule has 1 aromatic rings. The maximum absolute atomic E-state index is 12.0. The topological polar surface area (TPSA) is 88.4 Å². The number of hydrogen-bond acceptors (Lipinski definition) is 5. The zero-order chi connectivity index (χ0) is 13.7. The summed E-state index contributed by atoms with van der Waals surface area (Å²) in [5, 5.41) is 5.26. The highest BCUT2D eigenvalue weighted by Crippen LogP contribution is 2.14. The van der Waals surface area contributed by atoms with Crippen molar-refractivity contribution in [3.8, 4) is 0 Å². The third-order valence-corrected chi connectivity index (χ3v) is 5.32. The number of hydrogen-bond donors (Lipinski definition) is 2. The molecule has 6 nitrogen and oxygen atoms in total. The summed E-state index contributed by atoms with van der Waals surface area (Å²) in [6.45, 7) is 1.60. The van der Waals surface area contributed by atoms with Crippen molar-refractivity contribution in [2.24, 2.45) is 0 Å². The van der Waals surface area contributed by atoms with E-state index in [0.717, 1.165) is 0 Å². The van der Waals surface area contributed by atoms with Gasteiger partial charge in [0.05, 0.1) is 18.1 Å². The number of amides is 1. The van der Waals surface area contributed by atoms with Crippen molar-refractivity contribution in [3.05, 3.63) is 24.2 Å². The maximum atomic E-state index is 12.0. The number of carbonyl (C=O) groups is 1. The van der Waals surface area contributed by atoms with Gasteiger partial charge in [-0.15, -0.1) is 0 Å². The van der Waals surface area contributed by atoms with Gasteiger partial charge in [-0.05, 0) is 38.1 Å². The predicted octanol–water partition coefficient (Wildman–Crippen LogP) is 0.0626. The van der Waals surface area contributed by atoms with E-state index in [9.17, 15) is 13.2 Å². The maximum Gasteiger partial charge on any atom is 0.235 e. The van der Waals surface area contributed by atoms with Gasteiger partial charge in [-0.1, -0.05) is 0 Å². The molecule has 106 valence electrons. The van der Waals surface area contributed by atoms with Gasteiger partial charge in [0.15, 0.2) is 9.84 Å². The predicted molar refractivity (Wildman–Crippen MR) is 70.2 cm³/mol. The van der Waals surface area contributed by atoms with Gasteiger partial charge in [0.1, 0.15) is 11.5 Å². The fourth-order valence-electron chi connectivity index (χ4n) is 2.11. The minimum absolute atomic E-state index is 0.216. The van der Waals surface area contributed by atoms with Gasteiger partial charge in [0.25, 0.3) is 0 Å². The van der Waals surface area contributed by atoms with E-state index in [0.29, 0.717) is 31.7 Å². The molecule has 0 atom stereocenters. The minimum atomic E-state index is -3.36. The number of piperidine rings is 1. The van der Waals surface area contributed by atoms with Crippen molar-refractivity contribution in [2.45, 2.75) is 24.6 Å². The SMILES string of the molecule is O=C(CS(=O)(=O)C1CCNCC1)NCc1ccco1. The van der Waals surface area contributed by atoms with E-state index in [-0.39, 0.29) is 6.54 Å². The van der Waals surface area contributed by atoms with Crippen LogP contribution in [0.5, 0.6) is 0 Å². The normalized spacial score (nSPS) is 17.3. The lowest BCUT2D eigenvalue weighted by Crippen LogP contribution is -2.40. The molecular weight excluding hydrogens is 268 g/mol. The van der Waals surface area contributed by atoms with Crippen molar-refractivity contribution >= 4 is 15.7 Å². The van der Waals surface area contributed by atoms with Crippen molar-refractivity contribution in [1.29, 1.82) is 0 Å². The molecule has 1 aliphatic heterocycles. The van der Waals surface area contributed by atoms with Gasteiger partial charge in [0.2, 0.25) is 5.91 Å². The zero-order valence-electron chi connectivity index (χ0n) is 10.6. The van der Waals surface area contributed by atoms with Crippen LogP contribution in [-0.4, -0.2) is 38.4 Å². The molecule has 1 aromatic heterocycles. The van der Waals surface area contributed by atoms with E-state index >= 15 is 0 Å². The Balaban J connectivity index is 1.83. The Labute approximate surface area is 112 Å². The summed E-state index contributed by atoms with van der Waals surface area (Å²) in [5.41, 5.74) is 0. The molecule has 0 spiro atoms. The smallest absolute Gasteiger partial charge is 0.235 e. The summed E-state index contributed by atoms with van der Waals surface area (Å²) in [7, 11) is -3.36. The molecule has 1 saturated heterocycles. The Hall–Kier alpha value is -1.34. The second kappa shape index (κ2) is 6.21. The average molecular weight is 286 g/mol. The fourth-order valence-corrected chi connectivity index (χ4v) is 3.76. The van der Waals surface area contributed by atoms with Crippen LogP contribution in [0.1, 0.15) is 18.6 Å². The Morgan fingerprint density at radius 1 is 1.42 bits per heavy atom. The molecule has 1 amide bonds. The molecule has 0 aromatic carbocycles. The minimum Gasteiger partial charge on any atom is -0.467 e. The van der Waals surface area contributed by atoms with Crippen LogP contribution < -0.4 is 10.6 Å². The van der Waals surface area contributed by atoms with Gasteiger partial charge >= 0.3 is 0 Å². The summed E-state index contributed by atoms with van der Waals surface area (Å²) in [5.74, 6) is -0.319. The van der Waals surface area contributed by atoms with Crippen molar-refractivity contribution in [2.75, 3.05) is 18.8 Å². The molecule has 1 fully saturated rings. The Bertz CT molecular complexity index is 504. The van der Waals surface area contributed by atoms with Gasteiger partial charge in [-0.2, -0.15) is 0 Å². The van der Waals surface area contributed by atoms with E-state index < -0.39 is 26.7 Å². The standard InChI is InChI=1S/C12H18N2O4S/c15-12(14-8-10-2-1-7-18-10)9-19(16,17)11-3-5-13-6-4-11/h1-2,7,11,13H,3-6,8-9H2,(H,14,15). The lowest BCUT2D eigenvalue weighted by atomic mass is 10.2. The molecule has 0 saturated carbocycles. The van der Waals surface area contributed by atoms with Gasteiger partial charge in [-0.25, -0.2) is 8.42 Å². The molecule has 0 radical (unpaired) electrons. The van der Waals surface area contributed by atoms with E-state index in [1.807, 2.05) is 0 Å².